The summed E-state index contributed by atoms with van der Waals surface area (Å²) in [6, 6.07) is 6.81. The summed E-state index contributed by atoms with van der Waals surface area (Å²) in [5, 5.41) is 75.2. The third-order valence-electron chi connectivity index (χ3n) is 20.2. The summed E-state index contributed by atoms with van der Waals surface area (Å²) in [5.74, 6) is -19.7. The van der Waals surface area contributed by atoms with Crippen molar-refractivity contribution >= 4 is 117 Å². The van der Waals surface area contributed by atoms with Crippen molar-refractivity contribution in [3.05, 3.63) is 150 Å². The minimum absolute atomic E-state index is 0.111. The molecule has 14 atom stereocenters. The number of amides is 15. The van der Waals surface area contributed by atoms with E-state index < -0.39 is 229 Å². The molecule has 1 fully saturated rings. The molecule has 39 heteroatoms. The second kappa shape index (κ2) is 47.0. The lowest BCUT2D eigenvalue weighted by Crippen LogP contribution is -2.62. The summed E-state index contributed by atoms with van der Waals surface area (Å²) in [7, 11) is 0. The van der Waals surface area contributed by atoms with Gasteiger partial charge < -0.3 is 111 Å². The van der Waals surface area contributed by atoms with Gasteiger partial charge in [-0.15, -0.1) is 11.8 Å². The highest BCUT2D eigenvalue weighted by Gasteiger charge is 2.40. The van der Waals surface area contributed by atoms with Crippen LogP contribution in [0.3, 0.4) is 0 Å². The van der Waals surface area contributed by atoms with Gasteiger partial charge in [-0.2, -0.15) is 0 Å². The Morgan fingerprint density at radius 1 is 0.471 bits per heavy atom. The number of carbonyl (C=O) groups excluding carboxylic acids is 15. The normalized spacial score (nSPS) is 23.3. The van der Waals surface area contributed by atoms with E-state index in [0.717, 1.165) is 11.8 Å². The molecule has 23 N–H and O–H groups in total. The standard InChI is InChI=1S/C82H108N18O20S/c1-7-44(5)69-82(120)96-61(34-49-36-86-54-17-13-12-16-53(49)54)72(110)87-38-66(105)89-55(27-29-68(107)108)73(111)92-57(30-43(3)4)75(113)98-64(71(84)109)40-121-41-67(106)90-58(32-47-18-22-51(102)23-19-47)76(114)93-59(31-46-14-10-9-11-15-46)77(115)91-56(26-28-65(83)104)74(112)97-63(39-101)80(118)100-70(45(6)8-2)81(119)95-60(33-48-20-24-52(103)25-21-48)78(116)94-62(79(117)99-69)35-50-37-85-42-88-50/h9-25,36-37,42-45,55-64,69-70,86,101-103H,7-8,26-35,38-41H2,1-6H3,(H2,83,104)(H2,84,109)(H,85,88)(H,87,110)(H,89,105)(H,90,106)(H,91,115)(H,92,111)(H,93,114)(H,94,116)(H,95,119)(H,96,120)(H,97,112)(H,98,113)(H,99,117)(H,100,118)(H,107,108)/t44-,45-,55-,56-,57-,58+,59-,60-,61-,62-,63-,64-,69-,70-/m0/s1. The molecule has 1 aliphatic rings. The molecule has 1 aliphatic heterocycles. The summed E-state index contributed by atoms with van der Waals surface area (Å²) >= 11 is 0.770. The molecule has 0 aliphatic carbocycles. The van der Waals surface area contributed by atoms with Gasteiger partial charge in [0.1, 0.15) is 84.0 Å². The molecule has 15 amide bonds. The quantitative estimate of drug-likeness (QED) is 0.0319. The Morgan fingerprint density at radius 3 is 1.42 bits per heavy atom. The van der Waals surface area contributed by atoms with Crippen LogP contribution in [0.5, 0.6) is 11.5 Å². The van der Waals surface area contributed by atoms with Crippen LogP contribution in [0, 0.1) is 17.8 Å². The summed E-state index contributed by atoms with van der Waals surface area (Å²) in [4.78, 5) is 238. The molecule has 6 aromatic rings. The Hall–Kier alpha value is -12.9. The van der Waals surface area contributed by atoms with Crippen molar-refractivity contribution in [1.82, 2.24) is 84.1 Å². The fourth-order valence-corrected chi connectivity index (χ4v) is 13.9. The van der Waals surface area contributed by atoms with E-state index in [1.165, 1.54) is 61.1 Å². The van der Waals surface area contributed by atoms with E-state index in [-0.39, 0.29) is 74.5 Å². The van der Waals surface area contributed by atoms with Crippen LogP contribution in [0.25, 0.3) is 10.9 Å². The number of H-pyrrole nitrogens is 2. The first kappa shape index (κ1) is 95.2. The second-order valence-electron chi connectivity index (χ2n) is 30.1. The Labute approximate surface area is 701 Å². The number of aromatic amines is 2. The number of aromatic hydroxyl groups is 2. The van der Waals surface area contributed by atoms with E-state index in [1.54, 1.807) is 102 Å². The van der Waals surface area contributed by atoms with E-state index >= 15 is 14.4 Å². The monoisotopic (exact) mass is 1700 g/mol. The molecule has 652 valence electrons. The fraction of sp³-hybridized carbons (Fsp3) is 0.451. The highest BCUT2D eigenvalue weighted by Crippen LogP contribution is 2.22. The number of fused-ring (bicyclic) bond motifs is 1. The number of hydrogen-bond acceptors (Lipinski definition) is 21. The van der Waals surface area contributed by atoms with Crippen molar-refractivity contribution in [2.75, 3.05) is 24.7 Å². The number of aliphatic hydroxyl groups is 1. The maximum Gasteiger partial charge on any atom is 0.303 e. The van der Waals surface area contributed by atoms with Crippen LogP contribution in [-0.4, -0.2) is 227 Å². The number of thioether (sulfide) groups is 1. The molecule has 4 aromatic carbocycles. The highest BCUT2D eigenvalue weighted by atomic mass is 32.2. The van der Waals surface area contributed by atoms with Gasteiger partial charge in [-0.1, -0.05) is 127 Å². The minimum Gasteiger partial charge on any atom is -0.508 e. The number of hydrogen-bond donors (Lipinski definition) is 21. The number of phenols is 2. The number of phenolic OH excluding ortho intramolecular Hbond substituents is 2. The zero-order valence-corrected chi connectivity index (χ0v) is 68.7. The fourth-order valence-electron chi connectivity index (χ4n) is 13.1. The average Bonchev–Trinajstić information content (AvgIpc) is 1.72. The van der Waals surface area contributed by atoms with Crippen molar-refractivity contribution in [3.8, 4) is 11.5 Å². The predicted molar refractivity (Wildman–Crippen MR) is 442 cm³/mol. The Balaban J connectivity index is 1.28. The lowest BCUT2D eigenvalue weighted by atomic mass is 9.96. The van der Waals surface area contributed by atoms with E-state index in [2.05, 4.69) is 84.1 Å². The van der Waals surface area contributed by atoms with Crippen molar-refractivity contribution in [2.24, 2.45) is 29.2 Å². The van der Waals surface area contributed by atoms with Gasteiger partial charge in [0.15, 0.2) is 0 Å². The largest absolute Gasteiger partial charge is 0.508 e. The number of aliphatic hydroxyl groups excluding tert-OH is 1. The molecule has 121 heavy (non-hydrogen) atoms. The SMILES string of the molecule is CC[C@H](C)[C@@H]1NC(=O)[C@H](Cc2c[nH]cn2)NC(=O)[C@H](Cc2ccc(O)cc2)NC(=O)[C@H]([C@@H](C)CC)NC(=O)[C@H](CO)NC(=O)[C@H](CCC(N)=O)NC(=O)[C@H](Cc2ccccc2)NC(=O)[C@@H](Cc2ccc(O)cc2)NC(=O)CSC[C@@H](C(N)=O)NC(=O)[C@H](CC(C)C)NC(=O)[C@H](CCC(=O)O)NC(=O)CNC(=O)[C@H](Cc2c[nH]c3ccccc23)NC1=O. The lowest BCUT2D eigenvalue weighted by Gasteiger charge is -2.30. The third kappa shape index (κ3) is 30.4. The maximum absolute atomic E-state index is 15.1. The Kier molecular flexibility index (Phi) is 37.0. The van der Waals surface area contributed by atoms with Crippen molar-refractivity contribution in [1.29, 1.82) is 0 Å². The zero-order chi connectivity index (χ0) is 88.6. The molecule has 0 unspecified atom stereocenters. The number of rotatable bonds is 24. The first-order valence-corrected chi connectivity index (χ1v) is 40.8. The van der Waals surface area contributed by atoms with Gasteiger partial charge in [-0.05, 0) is 89.6 Å². The molecule has 0 spiro atoms. The minimum atomic E-state index is -1.92. The molecule has 3 heterocycles. The average molecular weight is 1700 g/mol. The zero-order valence-electron chi connectivity index (χ0n) is 67.9. The van der Waals surface area contributed by atoms with E-state index in [1.807, 2.05) is 0 Å². The van der Waals surface area contributed by atoms with Gasteiger partial charge in [-0.25, -0.2) is 4.98 Å². The number of carbonyl (C=O) groups is 16. The van der Waals surface area contributed by atoms with Crippen molar-refractivity contribution in [2.45, 2.75) is 191 Å². The second-order valence-corrected chi connectivity index (χ2v) is 31.1. The molecule has 1 saturated heterocycles. The van der Waals surface area contributed by atoms with Gasteiger partial charge in [0.05, 0.1) is 30.9 Å². The number of carboxylic acids is 1. The van der Waals surface area contributed by atoms with Crippen molar-refractivity contribution in [3.63, 3.8) is 0 Å². The topological polar surface area (TPSA) is 607 Å². The Bertz CT molecular complexity index is 4590. The molecular weight excluding hydrogens is 1590 g/mol. The molecular formula is C82H108N18O20S. The number of nitrogens with one attached hydrogen (secondary N) is 15. The first-order chi connectivity index (χ1) is 57.6. The van der Waals surface area contributed by atoms with Gasteiger partial charge in [0.25, 0.3) is 0 Å². The van der Waals surface area contributed by atoms with E-state index in [9.17, 15) is 82.8 Å². The molecule has 0 radical (unpaired) electrons. The van der Waals surface area contributed by atoms with Crippen LogP contribution >= 0.6 is 11.8 Å². The lowest BCUT2D eigenvalue weighted by molar-refractivity contribution is -0.138. The molecule has 7 rings (SSSR count). The number of benzene rings is 4. The molecule has 0 bridgehead atoms. The Morgan fingerprint density at radius 2 is 0.909 bits per heavy atom. The number of primary amides is 2. The number of aliphatic carboxylic acids is 1. The molecule has 38 nitrogen and oxygen atoms in total. The molecule has 2 aromatic heterocycles. The van der Waals surface area contributed by atoms with Crippen LogP contribution < -0.4 is 80.6 Å². The number of imidazole rings is 1. The van der Waals surface area contributed by atoms with Gasteiger partial charge in [-0.3, -0.25) is 76.7 Å². The van der Waals surface area contributed by atoms with Crippen molar-refractivity contribution < 1.29 is 97.1 Å². The summed E-state index contributed by atoms with van der Waals surface area (Å²) < 4.78 is 0. The maximum atomic E-state index is 15.1. The number of aromatic nitrogens is 3. The summed E-state index contributed by atoms with van der Waals surface area (Å²) in [5.41, 5.74) is 14.0. The number of para-hydroxylation sites is 1. The van der Waals surface area contributed by atoms with Crippen LogP contribution in [-0.2, 0) is 109 Å². The number of nitrogens with two attached hydrogens (primary N) is 2. The molecule has 0 saturated carbocycles. The highest BCUT2D eigenvalue weighted by molar-refractivity contribution is 8.00. The predicted octanol–water partition coefficient (Wildman–Crippen LogP) is -1.76. The smallest absolute Gasteiger partial charge is 0.303 e. The summed E-state index contributed by atoms with van der Waals surface area (Å²) in [6.07, 6.45) is 0.779. The van der Waals surface area contributed by atoms with Crippen LogP contribution in [0.4, 0.5) is 0 Å². The van der Waals surface area contributed by atoms with Crippen LogP contribution in [0.2, 0.25) is 0 Å². The van der Waals surface area contributed by atoms with Crippen LogP contribution in [0.1, 0.15) is 114 Å². The van der Waals surface area contributed by atoms with E-state index in [0.29, 0.717) is 33.2 Å². The number of carboxylic acid groups (broad SMARTS) is 1. The van der Waals surface area contributed by atoms with E-state index in [4.69, 9.17) is 11.5 Å². The van der Waals surface area contributed by atoms with Gasteiger partial charge >= 0.3 is 5.97 Å². The van der Waals surface area contributed by atoms with Gasteiger partial charge in [0, 0.05) is 74.0 Å². The first-order valence-electron chi connectivity index (χ1n) is 39.6. The third-order valence-corrected chi connectivity index (χ3v) is 21.3. The van der Waals surface area contributed by atoms with Gasteiger partial charge in [0.2, 0.25) is 88.6 Å². The summed E-state index contributed by atoms with van der Waals surface area (Å²) in [6.45, 7) is 7.94. The number of nitrogens with zero attached hydrogens (tertiary/aromatic N) is 1. The van der Waals surface area contributed by atoms with Crippen LogP contribution in [0.15, 0.2) is 122 Å².